The second-order valence-electron chi connectivity index (χ2n) is 12.0. The van der Waals surface area contributed by atoms with E-state index < -0.39 is 30.8 Å². The van der Waals surface area contributed by atoms with Crippen molar-refractivity contribution >= 4 is 16.9 Å². The Kier molecular flexibility index (Phi) is 8.50. The Balaban J connectivity index is 1.35. The molecule has 2 unspecified atom stereocenters. The summed E-state index contributed by atoms with van der Waals surface area (Å²) in [5, 5.41) is 4.91. The van der Waals surface area contributed by atoms with E-state index in [1.165, 1.54) is 28.8 Å². The van der Waals surface area contributed by atoms with Crippen molar-refractivity contribution in [3.63, 3.8) is 0 Å². The van der Waals surface area contributed by atoms with Gasteiger partial charge in [-0.05, 0) is 80.9 Å². The van der Waals surface area contributed by atoms with Crippen LogP contribution in [0.2, 0.25) is 0 Å². The lowest BCUT2D eigenvalue weighted by Crippen LogP contribution is -2.36. The maximum absolute atomic E-state index is 14.5. The third kappa shape index (κ3) is 5.74. The molecule has 2 aliphatic rings. The quantitative estimate of drug-likeness (QED) is 0.155. The number of carbonyl (C=O) groups is 1. The number of imidazole rings is 1. The summed E-state index contributed by atoms with van der Waals surface area (Å²) in [5.41, 5.74) is 4.35. The van der Waals surface area contributed by atoms with Crippen molar-refractivity contribution in [3.05, 3.63) is 70.9 Å². The third-order valence-corrected chi connectivity index (χ3v) is 8.95. The van der Waals surface area contributed by atoms with Crippen LogP contribution >= 0.6 is 0 Å². The van der Waals surface area contributed by atoms with E-state index in [0.29, 0.717) is 40.5 Å². The minimum Gasteiger partial charge on any atom is -0.464 e. The van der Waals surface area contributed by atoms with Crippen molar-refractivity contribution in [2.75, 3.05) is 26.2 Å². The van der Waals surface area contributed by atoms with Gasteiger partial charge in [-0.25, -0.2) is 27.3 Å². The van der Waals surface area contributed by atoms with Gasteiger partial charge in [0.1, 0.15) is 12.3 Å². The molecule has 0 saturated carbocycles. The van der Waals surface area contributed by atoms with Crippen LogP contribution < -0.4 is 0 Å². The SMILES string of the molecule is CCOC(=O)C(c1ncn2c1C[C@@H](F)C2)n1cc2c(C(F)F)cc(-c3ccc(C4CCN(CC(C)F)CC4)cc3)c(C)c2n1. The number of hydrogen-bond donors (Lipinski definition) is 0. The van der Waals surface area contributed by atoms with Gasteiger partial charge in [0.25, 0.3) is 6.43 Å². The predicted octanol–water partition coefficient (Wildman–Crippen LogP) is 6.73. The number of nitrogens with zero attached hydrogens (tertiary/aromatic N) is 5. The highest BCUT2D eigenvalue weighted by Gasteiger charge is 2.35. The molecular weight excluding hydrogens is 574 g/mol. The zero-order chi connectivity index (χ0) is 31.1. The molecule has 0 aliphatic carbocycles. The summed E-state index contributed by atoms with van der Waals surface area (Å²) >= 11 is 0. The molecule has 0 bridgehead atoms. The number of aromatic nitrogens is 4. The smallest absolute Gasteiger partial charge is 0.337 e. The van der Waals surface area contributed by atoms with Crippen LogP contribution in [0.1, 0.15) is 73.2 Å². The van der Waals surface area contributed by atoms with E-state index in [1.54, 1.807) is 18.4 Å². The molecule has 234 valence electrons. The lowest BCUT2D eigenvalue weighted by molar-refractivity contribution is -0.146. The van der Waals surface area contributed by atoms with Crippen LogP contribution in [0.4, 0.5) is 17.6 Å². The van der Waals surface area contributed by atoms with E-state index in [1.807, 2.05) is 31.2 Å². The minimum absolute atomic E-state index is 0.101. The van der Waals surface area contributed by atoms with E-state index in [9.17, 15) is 22.4 Å². The Morgan fingerprint density at radius 2 is 1.86 bits per heavy atom. The van der Waals surface area contributed by atoms with Crippen molar-refractivity contribution in [1.29, 1.82) is 0 Å². The van der Waals surface area contributed by atoms with Crippen LogP contribution in [0.5, 0.6) is 0 Å². The summed E-state index contributed by atoms with van der Waals surface area (Å²) in [6.07, 6.45) is 0.204. The van der Waals surface area contributed by atoms with Gasteiger partial charge >= 0.3 is 5.97 Å². The van der Waals surface area contributed by atoms with Crippen molar-refractivity contribution in [1.82, 2.24) is 24.2 Å². The standard InChI is InChI=1S/C33H37F4N5O2/c1-4-44-33(43)31(30-28-13-24(35)16-41(28)18-38-30)42-17-27-26(32(36)37)14-25(20(3)29(27)39-42)23-7-5-21(6-8-23)22-9-11-40(12-10-22)15-19(2)34/h5-8,14,17-19,22,24,31-32H,4,9-13,15-16H2,1-3H3/t19?,24-,31?/m1/s1. The number of fused-ring (bicyclic) bond motifs is 2. The lowest BCUT2D eigenvalue weighted by atomic mass is 9.87. The highest BCUT2D eigenvalue weighted by Crippen LogP contribution is 2.39. The molecule has 6 rings (SSSR count). The summed E-state index contributed by atoms with van der Waals surface area (Å²) < 4.78 is 65.0. The number of likely N-dealkylation sites (tertiary alicyclic amines) is 1. The second-order valence-corrected chi connectivity index (χ2v) is 12.0. The number of hydrogen-bond acceptors (Lipinski definition) is 5. The molecule has 0 spiro atoms. The molecule has 2 aromatic carbocycles. The van der Waals surface area contributed by atoms with Crippen molar-refractivity contribution in [2.24, 2.45) is 0 Å². The molecule has 4 heterocycles. The first-order valence-corrected chi connectivity index (χ1v) is 15.3. The molecule has 0 N–H and O–H groups in total. The molecule has 7 nitrogen and oxygen atoms in total. The molecule has 11 heteroatoms. The van der Waals surface area contributed by atoms with Crippen LogP contribution in [-0.2, 0) is 22.5 Å². The van der Waals surface area contributed by atoms with Crippen LogP contribution in [-0.4, -0.2) is 68.8 Å². The van der Waals surface area contributed by atoms with Gasteiger partial charge in [0, 0.05) is 35.8 Å². The maximum Gasteiger partial charge on any atom is 0.337 e. The van der Waals surface area contributed by atoms with Gasteiger partial charge < -0.3 is 14.2 Å². The minimum atomic E-state index is -2.78. The fourth-order valence-electron chi connectivity index (χ4n) is 6.79. The van der Waals surface area contributed by atoms with E-state index in [2.05, 4.69) is 15.0 Å². The summed E-state index contributed by atoms with van der Waals surface area (Å²) in [6, 6.07) is 8.36. The number of aryl methyl sites for hydroxylation is 1. The Bertz CT molecular complexity index is 1640. The summed E-state index contributed by atoms with van der Waals surface area (Å²) in [5.74, 6) is -0.274. The molecule has 2 aromatic heterocycles. The predicted molar refractivity (Wildman–Crippen MR) is 159 cm³/mol. The van der Waals surface area contributed by atoms with Crippen molar-refractivity contribution < 1.29 is 27.1 Å². The van der Waals surface area contributed by atoms with Crippen LogP contribution in [0, 0.1) is 6.92 Å². The van der Waals surface area contributed by atoms with Gasteiger partial charge in [0.2, 0.25) is 0 Å². The Morgan fingerprint density at radius 1 is 1.14 bits per heavy atom. The van der Waals surface area contributed by atoms with Crippen LogP contribution in [0.15, 0.2) is 42.9 Å². The topological polar surface area (TPSA) is 65.2 Å². The second kappa shape index (κ2) is 12.3. The van der Waals surface area contributed by atoms with E-state index in [4.69, 9.17) is 4.74 Å². The zero-order valence-electron chi connectivity index (χ0n) is 25.1. The lowest BCUT2D eigenvalue weighted by Gasteiger charge is -2.32. The van der Waals surface area contributed by atoms with Crippen LogP contribution in [0.25, 0.3) is 22.0 Å². The fraction of sp³-hybridized carbons (Fsp3) is 0.485. The van der Waals surface area contributed by atoms with Gasteiger partial charge in [-0.1, -0.05) is 24.3 Å². The maximum atomic E-state index is 14.5. The van der Waals surface area contributed by atoms with Gasteiger partial charge in [-0.2, -0.15) is 5.10 Å². The Morgan fingerprint density at radius 3 is 2.52 bits per heavy atom. The van der Waals surface area contributed by atoms with E-state index in [-0.39, 0.29) is 30.5 Å². The Labute approximate surface area is 253 Å². The average Bonchev–Trinajstić information content (AvgIpc) is 3.69. The molecule has 0 radical (unpaired) electrons. The first-order chi connectivity index (χ1) is 21.1. The number of carbonyl (C=O) groups excluding carboxylic acids is 1. The van der Waals surface area contributed by atoms with E-state index in [0.717, 1.165) is 31.5 Å². The first-order valence-electron chi connectivity index (χ1n) is 15.3. The van der Waals surface area contributed by atoms with Gasteiger partial charge in [0.05, 0.1) is 30.7 Å². The highest BCUT2D eigenvalue weighted by molar-refractivity contribution is 5.92. The first kappa shape index (κ1) is 30.3. The molecule has 3 atom stereocenters. The Hall–Kier alpha value is -3.73. The van der Waals surface area contributed by atoms with Gasteiger partial charge in [-0.15, -0.1) is 0 Å². The van der Waals surface area contributed by atoms with Crippen molar-refractivity contribution in [2.45, 2.75) is 77.3 Å². The summed E-state index contributed by atoms with van der Waals surface area (Å²) in [7, 11) is 0. The average molecular weight is 612 g/mol. The molecule has 1 fully saturated rings. The number of esters is 1. The highest BCUT2D eigenvalue weighted by atomic mass is 19.3. The molecule has 4 aromatic rings. The number of benzene rings is 2. The number of piperidine rings is 1. The monoisotopic (exact) mass is 611 g/mol. The molecule has 1 saturated heterocycles. The molecule has 44 heavy (non-hydrogen) atoms. The third-order valence-electron chi connectivity index (χ3n) is 8.95. The van der Waals surface area contributed by atoms with Gasteiger partial charge in [-0.3, -0.25) is 4.68 Å². The largest absolute Gasteiger partial charge is 0.464 e. The number of rotatable bonds is 9. The number of alkyl halides is 4. The van der Waals surface area contributed by atoms with Crippen molar-refractivity contribution in [3.8, 4) is 11.1 Å². The number of ether oxygens (including phenoxy) is 1. The zero-order valence-corrected chi connectivity index (χ0v) is 25.1. The normalized spacial score (nSPS) is 19.0. The van der Waals surface area contributed by atoms with E-state index >= 15 is 0 Å². The molecular formula is C33H37F4N5O2. The van der Waals surface area contributed by atoms with Crippen LogP contribution in [0.3, 0.4) is 0 Å². The summed E-state index contributed by atoms with van der Waals surface area (Å²) in [6.45, 7) is 7.50. The molecule has 2 aliphatic heterocycles. The van der Waals surface area contributed by atoms with Gasteiger partial charge in [0.15, 0.2) is 6.04 Å². The molecule has 0 amide bonds. The fourth-order valence-corrected chi connectivity index (χ4v) is 6.79. The number of halogens is 4. The summed E-state index contributed by atoms with van der Waals surface area (Å²) in [4.78, 5) is 19.8.